The Morgan fingerprint density at radius 3 is 3.04 bits per heavy atom. The summed E-state index contributed by atoms with van der Waals surface area (Å²) in [6.45, 7) is 4.18. The molecule has 0 spiro atoms. The Morgan fingerprint density at radius 2 is 2.25 bits per heavy atom. The molecule has 146 valence electrons. The zero-order valence-electron chi connectivity index (χ0n) is 15.9. The average Bonchev–Trinajstić information content (AvgIpc) is 3.20. The number of aryl methyl sites for hydroxylation is 1. The Kier molecular flexibility index (Phi) is 4.50. The molecule has 9 nitrogen and oxygen atoms in total. The van der Waals surface area contributed by atoms with Crippen molar-refractivity contribution < 1.29 is 14.3 Å². The highest BCUT2D eigenvalue weighted by molar-refractivity contribution is 5.92. The standard InChI is InChI=1S/C19H21N5O4/c1-4-27-16-6-12-5-11(2)28-15(12)7-14(16)22-17(25)9-24-10-20-18-13(19(24)26)8-21-23(18)3/h6-8,10-11H,4-5,9H2,1-3H3,(H,22,25). The van der Waals surface area contributed by atoms with E-state index >= 15 is 0 Å². The highest BCUT2D eigenvalue weighted by atomic mass is 16.5. The summed E-state index contributed by atoms with van der Waals surface area (Å²) in [5.41, 5.74) is 1.73. The molecule has 3 heterocycles. The smallest absolute Gasteiger partial charge is 0.264 e. The molecule has 0 saturated carbocycles. The number of carbonyl (C=O) groups excluding carboxylic acids is 1. The first kappa shape index (κ1) is 18.0. The van der Waals surface area contributed by atoms with Gasteiger partial charge >= 0.3 is 0 Å². The summed E-state index contributed by atoms with van der Waals surface area (Å²) in [5, 5.41) is 7.21. The summed E-state index contributed by atoms with van der Waals surface area (Å²) in [7, 11) is 1.71. The van der Waals surface area contributed by atoms with Crippen LogP contribution >= 0.6 is 0 Å². The highest BCUT2D eigenvalue weighted by Gasteiger charge is 2.23. The first-order valence-corrected chi connectivity index (χ1v) is 9.09. The van der Waals surface area contributed by atoms with Gasteiger partial charge in [-0.05, 0) is 19.9 Å². The van der Waals surface area contributed by atoms with Gasteiger partial charge in [-0.3, -0.25) is 18.8 Å². The summed E-state index contributed by atoms with van der Waals surface area (Å²) in [5.74, 6) is 0.960. The summed E-state index contributed by atoms with van der Waals surface area (Å²) >= 11 is 0. The molecule has 1 aliphatic rings. The predicted octanol–water partition coefficient (Wildman–Crippen LogP) is 1.49. The van der Waals surface area contributed by atoms with Gasteiger partial charge in [-0.2, -0.15) is 5.10 Å². The van der Waals surface area contributed by atoms with Gasteiger partial charge in [0.05, 0.1) is 18.5 Å². The third kappa shape index (κ3) is 3.19. The van der Waals surface area contributed by atoms with Crippen molar-refractivity contribution >= 4 is 22.6 Å². The third-order valence-corrected chi connectivity index (χ3v) is 4.60. The van der Waals surface area contributed by atoms with Crippen LogP contribution in [0.25, 0.3) is 11.0 Å². The zero-order chi connectivity index (χ0) is 19.8. The van der Waals surface area contributed by atoms with Crippen molar-refractivity contribution in [3.05, 3.63) is 40.6 Å². The number of fused-ring (bicyclic) bond motifs is 2. The number of ether oxygens (including phenoxy) is 2. The van der Waals surface area contributed by atoms with E-state index in [2.05, 4.69) is 15.4 Å². The molecule has 28 heavy (non-hydrogen) atoms. The fourth-order valence-corrected chi connectivity index (χ4v) is 3.34. The lowest BCUT2D eigenvalue weighted by atomic mass is 10.1. The van der Waals surface area contributed by atoms with Crippen molar-refractivity contribution in [2.45, 2.75) is 32.9 Å². The number of amides is 1. The van der Waals surface area contributed by atoms with Crippen LogP contribution in [0.3, 0.4) is 0 Å². The molecule has 1 N–H and O–H groups in total. The molecule has 0 bridgehead atoms. The molecule has 3 aromatic rings. The number of hydrogen-bond donors (Lipinski definition) is 1. The number of rotatable bonds is 5. The van der Waals surface area contributed by atoms with Crippen LogP contribution in [0.1, 0.15) is 19.4 Å². The molecule has 0 saturated heterocycles. The molecule has 0 radical (unpaired) electrons. The van der Waals surface area contributed by atoms with E-state index in [1.54, 1.807) is 13.1 Å². The Labute approximate surface area is 160 Å². The van der Waals surface area contributed by atoms with Crippen molar-refractivity contribution in [2.24, 2.45) is 7.05 Å². The lowest BCUT2D eigenvalue weighted by molar-refractivity contribution is -0.116. The van der Waals surface area contributed by atoms with E-state index in [0.29, 0.717) is 29.1 Å². The van der Waals surface area contributed by atoms with Gasteiger partial charge in [0.25, 0.3) is 5.56 Å². The van der Waals surface area contributed by atoms with Crippen LogP contribution in [0.2, 0.25) is 0 Å². The van der Waals surface area contributed by atoms with Gasteiger partial charge in [-0.1, -0.05) is 0 Å². The van der Waals surface area contributed by atoms with E-state index in [1.807, 2.05) is 19.9 Å². The van der Waals surface area contributed by atoms with Gasteiger partial charge in [0.1, 0.15) is 35.9 Å². The molecule has 1 aliphatic heterocycles. The number of carbonyl (C=O) groups is 1. The number of aromatic nitrogens is 4. The molecular weight excluding hydrogens is 362 g/mol. The second kappa shape index (κ2) is 6.99. The van der Waals surface area contributed by atoms with E-state index in [9.17, 15) is 9.59 Å². The molecule has 1 atom stereocenters. The van der Waals surface area contributed by atoms with Gasteiger partial charge in [0.2, 0.25) is 5.91 Å². The zero-order valence-corrected chi connectivity index (χ0v) is 15.9. The summed E-state index contributed by atoms with van der Waals surface area (Å²) in [6, 6.07) is 3.67. The SMILES string of the molecule is CCOc1cc2c(cc1NC(=O)Cn1cnc3c(cnn3C)c1=O)OC(C)C2. The molecule has 0 aliphatic carbocycles. The topological polar surface area (TPSA) is 100 Å². The van der Waals surface area contributed by atoms with E-state index < -0.39 is 0 Å². The van der Waals surface area contributed by atoms with Crippen LogP contribution in [-0.4, -0.2) is 37.9 Å². The maximum atomic E-state index is 12.6. The monoisotopic (exact) mass is 383 g/mol. The number of nitrogens with zero attached hydrogens (tertiary/aromatic N) is 4. The van der Waals surface area contributed by atoms with Crippen LogP contribution in [0.5, 0.6) is 11.5 Å². The largest absolute Gasteiger partial charge is 0.492 e. The van der Waals surface area contributed by atoms with E-state index in [0.717, 1.165) is 17.7 Å². The van der Waals surface area contributed by atoms with Crippen LogP contribution in [-0.2, 0) is 24.8 Å². The van der Waals surface area contributed by atoms with E-state index in [1.165, 1.54) is 21.8 Å². The number of nitrogens with one attached hydrogen (secondary N) is 1. The molecule has 4 rings (SSSR count). The van der Waals surface area contributed by atoms with Crippen LogP contribution in [0, 0.1) is 0 Å². The second-order valence-electron chi connectivity index (χ2n) is 6.75. The van der Waals surface area contributed by atoms with Gasteiger partial charge < -0.3 is 14.8 Å². The normalized spacial score (nSPS) is 15.3. The quantitative estimate of drug-likeness (QED) is 0.717. The fraction of sp³-hybridized carbons (Fsp3) is 0.368. The van der Waals surface area contributed by atoms with Crippen molar-refractivity contribution in [1.29, 1.82) is 0 Å². The van der Waals surface area contributed by atoms with Crippen LogP contribution < -0.4 is 20.3 Å². The maximum Gasteiger partial charge on any atom is 0.264 e. The first-order valence-electron chi connectivity index (χ1n) is 9.09. The van der Waals surface area contributed by atoms with Gasteiger partial charge in [-0.15, -0.1) is 0 Å². The number of hydrogen-bond acceptors (Lipinski definition) is 6. The molecule has 2 aromatic heterocycles. The predicted molar refractivity (Wildman–Crippen MR) is 103 cm³/mol. The Bertz CT molecular complexity index is 1120. The minimum atomic E-state index is -0.362. The fourth-order valence-electron chi connectivity index (χ4n) is 3.34. The van der Waals surface area contributed by atoms with Crippen molar-refractivity contribution in [2.75, 3.05) is 11.9 Å². The van der Waals surface area contributed by atoms with Crippen LogP contribution in [0.15, 0.2) is 29.5 Å². The lowest BCUT2D eigenvalue weighted by Crippen LogP contribution is -2.28. The summed E-state index contributed by atoms with van der Waals surface area (Å²) < 4.78 is 14.2. The number of anilines is 1. The highest BCUT2D eigenvalue weighted by Crippen LogP contribution is 2.38. The van der Waals surface area contributed by atoms with Crippen LogP contribution in [0.4, 0.5) is 5.69 Å². The Morgan fingerprint density at radius 1 is 1.43 bits per heavy atom. The van der Waals surface area contributed by atoms with Gasteiger partial charge in [-0.25, -0.2) is 4.98 Å². The maximum absolute atomic E-state index is 12.6. The van der Waals surface area contributed by atoms with E-state index in [4.69, 9.17) is 9.47 Å². The summed E-state index contributed by atoms with van der Waals surface area (Å²) in [4.78, 5) is 29.3. The molecular formula is C19H21N5O4. The Balaban J connectivity index is 1.58. The molecule has 9 heteroatoms. The van der Waals surface area contributed by atoms with Crippen molar-refractivity contribution in [1.82, 2.24) is 19.3 Å². The molecule has 0 fully saturated rings. The minimum absolute atomic E-state index is 0.0892. The minimum Gasteiger partial charge on any atom is -0.492 e. The summed E-state index contributed by atoms with van der Waals surface area (Å²) in [6.07, 6.45) is 3.69. The molecule has 1 amide bonds. The Hall–Kier alpha value is -3.36. The van der Waals surface area contributed by atoms with E-state index in [-0.39, 0.29) is 24.1 Å². The van der Waals surface area contributed by atoms with Crippen molar-refractivity contribution in [3.63, 3.8) is 0 Å². The molecule has 1 unspecified atom stereocenters. The second-order valence-corrected chi connectivity index (χ2v) is 6.75. The van der Waals surface area contributed by atoms with Gasteiger partial charge in [0.15, 0.2) is 5.65 Å². The number of benzene rings is 1. The third-order valence-electron chi connectivity index (χ3n) is 4.60. The van der Waals surface area contributed by atoms with Gasteiger partial charge in [0, 0.05) is 25.1 Å². The lowest BCUT2D eigenvalue weighted by Gasteiger charge is -2.14. The first-order chi connectivity index (χ1) is 13.5. The van der Waals surface area contributed by atoms with Crippen molar-refractivity contribution in [3.8, 4) is 11.5 Å². The molecule has 1 aromatic carbocycles. The average molecular weight is 383 g/mol.